The van der Waals surface area contributed by atoms with E-state index in [1.165, 1.54) is 6.92 Å². The third-order valence-electron chi connectivity index (χ3n) is 2.47. The molecule has 0 saturated carbocycles. The molecular weight excluding hydrogens is 322 g/mol. The van der Waals surface area contributed by atoms with E-state index in [1.54, 1.807) is 42.5 Å². The Balaban J connectivity index is 2.16. The van der Waals surface area contributed by atoms with Gasteiger partial charge in [0.2, 0.25) is 0 Å². The number of halogens is 1. The topological polar surface area (TPSA) is 55.4 Å². The van der Waals surface area contributed by atoms with Gasteiger partial charge in [-0.3, -0.25) is 9.59 Å². The van der Waals surface area contributed by atoms with Crippen LogP contribution in [0.15, 0.2) is 53.0 Å². The number of carbonyl (C=O) groups excluding carboxylic acids is 2. The molecular formula is C15H12BrNO3. The molecule has 0 bridgehead atoms. The molecule has 0 radical (unpaired) electrons. The van der Waals surface area contributed by atoms with Crippen LogP contribution in [-0.4, -0.2) is 11.9 Å². The molecule has 0 aromatic heterocycles. The first-order chi connectivity index (χ1) is 9.56. The van der Waals surface area contributed by atoms with Gasteiger partial charge in [0.25, 0.3) is 5.91 Å². The summed E-state index contributed by atoms with van der Waals surface area (Å²) in [5.41, 5.74) is 1.09. The van der Waals surface area contributed by atoms with Crippen LogP contribution in [0.25, 0.3) is 0 Å². The van der Waals surface area contributed by atoms with Crippen molar-refractivity contribution in [2.24, 2.45) is 0 Å². The van der Waals surface area contributed by atoms with E-state index in [-0.39, 0.29) is 5.91 Å². The maximum Gasteiger partial charge on any atom is 0.308 e. The first-order valence-corrected chi connectivity index (χ1v) is 6.70. The Bertz CT molecular complexity index is 655. The highest BCUT2D eigenvalue weighted by Gasteiger charge is 2.10. The van der Waals surface area contributed by atoms with Crippen molar-refractivity contribution in [3.05, 3.63) is 58.6 Å². The molecule has 2 aromatic carbocycles. The number of nitrogens with one attached hydrogen (secondary N) is 1. The van der Waals surface area contributed by atoms with Crippen molar-refractivity contribution in [1.29, 1.82) is 0 Å². The van der Waals surface area contributed by atoms with Crippen molar-refractivity contribution in [3.8, 4) is 5.75 Å². The number of amides is 1. The van der Waals surface area contributed by atoms with E-state index >= 15 is 0 Å². The minimum absolute atomic E-state index is 0.238. The molecule has 20 heavy (non-hydrogen) atoms. The van der Waals surface area contributed by atoms with Crippen LogP contribution in [0.5, 0.6) is 5.75 Å². The quantitative estimate of drug-likeness (QED) is 0.689. The van der Waals surface area contributed by atoms with Crippen LogP contribution in [-0.2, 0) is 4.79 Å². The lowest BCUT2D eigenvalue weighted by Crippen LogP contribution is -2.12. The Hall–Kier alpha value is -2.14. The highest BCUT2D eigenvalue weighted by atomic mass is 79.9. The van der Waals surface area contributed by atoms with Crippen molar-refractivity contribution in [2.75, 3.05) is 5.32 Å². The number of hydrogen-bond donors (Lipinski definition) is 1. The third kappa shape index (κ3) is 3.68. The number of esters is 1. The van der Waals surface area contributed by atoms with E-state index in [9.17, 15) is 9.59 Å². The van der Waals surface area contributed by atoms with Crippen molar-refractivity contribution >= 4 is 33.5 Å². The van der Waals surface area contributed by atoms with Gasteiger partial charge in [0.15, 0.2) is 0 Å². The maximum atomic E-state index is 12.1. The van der Waals surface area contributed by atoms with E-state index in [0.717, 1.165) is 0 Å². The van der Waals surface area contributed by atoms with Gasteiger partial charge in [-0.2, -0.15) is 0 Å². The van der Waals surface area contributed by atoms with Gasteiger partial charge in [0.05, 0.1) is 5.56 Å². The predicted molar refractivity (Wildman–Crippen MR) is 79.8 cm³/mol. The Morgan fingerprint density at radius 1 is 1.10 bits per heavy atom. The van der Waals surface area contributed by atoms with Gasteiger partial charge >= 0.3 is 5.97 Å². The van der Waals surface area contributed by atoms with E-state index in [2.05, 4.69) is 21.2 Å². The summed E-state index contributed by atoms with van der Waals surface area (Å²) in [6, 6.07) is 13.8. The monoisotopic (exact) mass is 333 g/mol. The van der Waals surface area contributed by atoms with Gasteiger partial charge in [-0.05, 0) is 40.2 Å². The van der Waals surface area contributed by atoms with Crippen LogP contribution >= 0.6 is 15.9 Å². The van der Waals surface area contributed by atoms with Crippen LogP contribution in [0.1, 0.15) is 17.3 Å². The van der Waals surface area contributed by atoms with Crippen LogP contribution in [0.3, 0.4) is 0 Å². The lowest BCUT2D eigenvalue weighted by atomic mass is 10.2. The zero-order valence-electron chi connectivity index (χ0n) is 10.7. The zero-order valence-corrected chi connectivity index (χ0v) is 12.3. The number of benzene rings is 2. The van der Waals surface area contributed by atoms with Crippen molar-refractivity contribution in [2.45, 2.75) is 6.92 Å². The third-order valence-corrected chi connectivity index (χ3v) is 3.16. The van der Waals surface area contributed by atoms with Crippen molar-refractivity contribution < 1.29 is 14.3 Å². The molecule has 2 rings (SSSR count). The summed E-state index contributed by atoms with van der Waals surface area (Å²) in [5, 5.41) is 2.75. The van der Waals surface area contributed by atoms with Gasteiger partial charge in [0, 0.05) is 23.2 Å². The molecule has 2 aromatic rings. The molecule has 4 nitrogen and oxygen atoms in total. The standard InChI is InChI=1S/C15H12BrNO3/c1-10(18)20-12-6-4-5-11(9-12)17-15(19)13-7-2-3-8-14(13)16/h2-9H,1H3,(H,17,19). The van der Waals surface area contributed by atoms with Crippen LogP contribution in [0.4, 0.5) is 5.69 Å². The average Bonchev–Trinajstić information content (AvgIpc) is 2.38. The molecule has 0 aliphatic carbocycles. The second-order valence-corrected chi connectivity index (χ2v) is 4.91. The fourth-order valence-electron chi connectivity index (χ4n) is 1.65. The second-order valence-electron chi connectivity index (χ2n) is 4.06. The summed E-state index contributed by atoms with van der Waals surface area (Å²) in [7, 11) is 0. The minimum Gasteiger partial charge on any atom is -0.427 e. The highest BCUT2D eigenvalue weighted by Crippen LogP contribution is 2.20. The summed E-state index contributed by atoms with van der Waals surface area (Å²) in [5.74, 6) is -0.251. The summed E-state index contributed by atoms with van der Waals surface area (Å²) >= 11 is 3.33. The molecule has 0 heterocycles. The summed E-state index contributed by atoms with van der Waals surface area (Å²) in [6.07, 6.45) is 0. The fourth-order valence-corrected chi connectivity index (χ4v) is 2.11. The molecule has 0 aliphatic heterocycles. The molecule has 0 unspecified atom stereocenters. The SMILES string of the molecule is CC(=O)Oc1cccc(NC(=O)c2ccccc2Br)c1. The molecule has 0 fully saturated rings. The predicted octanol–water partition coefficient (Wildman–Crippen LogP) is 3.63. The number of anilines is 1. The number of carbonyl (C=O) groups is 2. The van der Waals surface area contributed by atoms with Crippen LogP contribution < -0.4 is 10.1 Å². The summed E-state index contributed by atoms with van der Waals surface area (Å²) < 4.78 is 5.68. The van der Waals surface area contributed by atoms with E-state index < -0.39 is 5.97 Å². The molecule has 102 valence electrons. The Kier molecular flexibility index (Phi) is 4.53. The highest BCUT2D eigenvalue weighted by molar-refractivity contribution is 9.10. The molecule has 0 atom stereocenters. The lowest BCUT2D eigenvalue weighted by Gasteiger charge is -2.08. The fraction of sp³-hybridized carbons (Fsp3) is 0.0667. The minimum atomic E-state index is -0.403. The van der Waals surface area contributed by atoms with Gasteiger partial charge in [-0.25, -0.2) is 0 Å². The van der Waals surface area contributed by atoms with Crippen LogP contribution in [0.2, 0.25) is 0 Å². The van der Waals surface area contributed by atoms with E-state index in [0.29, 0.717) is 21.5 Å². The average molecular weight is 334 g/mol. The van der Waals surface area contributed by atoms with Crippen molar-refractivity contribution in [3.63, 3.8) is 0 Å². The summed E-state index contributed by atoms with van der Waals surface area (Å²) in [6.45, 7) is 1.33. The number of ether oxygens (including phenoxy) is 1. The Labute approximate surface area is 124 Å². The number of hydrogen-bond acceptors (Lipinski definition) is 3. The lowest BCUT2D eigenvalue weighted by molar-refractivity contribution is -0.131. The first-order valence-electron chi connectivity index (χ1n) is 5.90. The largest absolute Gasteiger partial charge is 0.427 e. The van der Waals surface area contributed by atoms with Gasteiger partial charge in [-0.1, -0.05) is 18.2 Å². The Morgan fingerprint density at radius 3 is 2.55 bits per heavy atom. The normalized spacial score (nSPS) is 9.90. The van der Waals surface area contributed by atoms with Gasteiger partial charge in [-0.15, -0.1) is 0 Å². The molecule has 1 N–H and O–H groups in total. The summed E-state index contributed by atoms with van der Waals surface area (Å²) in [4.78, 5) is 23.0. The smallest absolute Gasteiger partial charge is 0.308 e. The molecule has 0 spiro atoms. The second kappa shape index (κ2) is 6.34. The van der Waals surface area contributed by atoms with Gasteiger partial charge in [0.1, 0.15) is 5.75 Å². The zero-order chi connectivity index (χ0) is 14.5. The van der Waals surface area contributed by atoms with E-state index in [1.807, 2.05) is 6.07 Å². The Morgan fingerprint density at radius 2 is 1.85 bits per heavy atom. The molecule has 0 aliphatic rings. The van der Waals surface area contributed by atoms with E-state index in [4.69, 9.17) is 4.74 Å². The number of rotatable bonds is 3. The molecule has 0 saturated heterocycles. The molecule has 5 heteroatoms. The van der Waals surface area contributed by atoms with Crippen LogP contribution in [0, 0.1) is 0 Å². The molecule has 1 amide bonds. The first kappa shape index (κ1) is 14.3. The van der Waals surface area contributed by atoms with Gasteiger partial charge < -0.3 is 10.1 Å². The maximum absolute atomic E-state index is 12.1. The van der Waals surface area contributed by atoms with Crippen molar-refractivity contribution in [1.82, 2.24) is 0 Å².